The highest BCUT2D eigenvalue weighted by atomic mass is 16.2. The van der Waals surface area contributed by atoms with E-state index in [1.54, 1.807) is 11.7 Å². The number of nitrogens with zero attached hydrogens (tertiary/aromatic N) is 4. The van der Waals surface area contributed by atoms with Crippen LogP contribution in [0.15, 0.2) is 24.3 Å². The van der Waals surface area contributed by atoms with E-state index >= 15 is 0 Å². The quantitative estimate of drug-likeness (QED) is 0.902. The number of rotatable bonds is 4. The Kier molecular flexibility index (Phi) is 5.21. The molecule has 1 aromatic heterocycles. The number of urea groups is 1. The van der Waals surface area contributed by atoms with Gasteiger partial charge in [0.15, 0.2) is 5.82 Å². The first-order valence-electron chi connectivity index (χ1n) is 8.05. The summed E-state index contributed by atoms with van der Waals surface area (Å²) in [5, 5.41) is 17.3. The molecule has 2 atom stereocenters. The van der Waals surface area contributed by atoms with Gasteiger partial charge in [0, 0.05) is 7.05 Å². The molecule has 0 bridgehead atoms. The van der Waals surface area contributed by atoms with Gasteiger partial charge in [0.1, 0.15) is 0 Å². The van der Waals surface area contributed by atoms with Crippen LogP contribution in [0.2, 0.25) is 0 Å². The molecule has 0 saturated carbocycles. The fourth-order valence-corrected chi connectivity index (χ4v) is 2.71. The van der Waals surface area contributed by atoms with Gasteiger partial charge in [0.2, 0.25) is 0 Å². The molecule has 0 spiro atoms. The minimum atomic E-state index is -0.289. The molecule has 1 heterocycles. The number of aryl methyl sites for hydroxylation is 2. The molecule has 130 valence electrons. The van der Waals surface area contributed by atoms with E-state index in [1.165, 1.54) is 0 Å². The van der Waals surface area contributed by atoms with Gasteiger partial charge < -0.3 is 10.6 Å². The van der Waals surface area contributed by atoms with Crippen molar-refractivity contribution in [1.29, 1.82) is 0 Å². The molecule has 0 fully saturated rings. The van der Waals surface area contributed by atoms with Crippen molar-refractivity contribution in [2.24, 2.45) is 12.5 Å². The first-order valence-corrected chi connectivity index (χ1v) is 8.05. The van der Waals surface area contributed by atoms with Crippen LogP contribution in [0.3, 0.4) is 0 Å². The third-order valence-corrected chi connectivity index (χ3v) is 4.03. The summed E-state index contributed by atoms with van der Waals surface area (Å²) in [5.41, 5.74) is 2.15. The highest BCUT2D eigenvalue weighted by Gasteiger charge is 2.29. The summed E-state index contributed by atoms with van der Waals surface area (Å²) in [6.07, 6.45) is 0. The predicted molar refractivity (Wildman–Crippen MR) is 92.3 cm³/mol. The van der Waals surface area contributed by atoms with Crippen molar-refractivity contribution in [3.05, 3.63) is 41.2 Å². The van der Waals surface area contributed by atoms with Gasteiger partial charge in [-0.25, -0.2) is 9.48 Å². The van der Waals surface area contributed by atoms with E-state index in [2.05, 4.69) is 66.0 Å². The molecule has 2 aromatic rings. The van der Waals surface area contributed by atoms with Crippen molar-refractivity contribution in [3.63, 3.8) is 0 Å². The van der Waals surface area contributed by atoms with E-state index < -0.39 is 0 Å². The Bertz CT molecular complexity index is 703. The van der Waals surface area contributed by atoms with E-state index in [-0.39, 0.29) is 23.5 Å². The van der Waals surface area contributed by atoms with Crippen LogP contribution in [0.5, 0.6) is 0 Å². The molecule has 0 radical (unpaired) electrons. The van der Waals surface area contributed by atoms with Crippen LogP contribution in [-0.2, 0) is 7.05 Å². The van der Waals surface area contributed by atoms with E-state index in [9.17, 15) is 4.79 Å². The van der Waals surface area contributed by atoms with Gasteiger partial charge in [-0.1, -0.05) is 45.0 Å². The number of aromatic nitrogens is 4. The maximum atomic E-state index is 12.5. The third kappa shape index (κ3) is 4.10. The van der Waals surface area contributed by atoms with Crippen LogP contribution in [0.1, 0.15) is 56.7 Å². The summed E-state index contributed by atoms with van der Waals surface area (Å²) in [5.74, 6) is 0.605. The molecule has 2 amide bonds. The van der Waals surface area contributed by atoms with Gasteiger partial charge in [0.25, 0.3) is 0 Å². The zero-order valence-corrected chi connectivity index (χ0v) is 15.2. The van der Waals surface area contributed by atoms with E-state index in [1.807, 2.05) is 19.1 Å². The predicted octanol–water partition coefficient (Wildman–Crippen LogP) is 2.67. The van der Waals surface area contributed by atoms with Gasteiger partial charge in [-0.05, 0) is 40.8 Å². The topological polar surface area (TPSA) is 84.7 Å². The summed E-state index contributed by atoms with van der Waals surface area (Å²) in [6.45, 7) is 10.2. The Morgan fingerprint density at radius 3 is 2.42 bits per heavy atom. The zero-order chi connectivity index (χ0) is 17.9. The fraction of sp³-hybridized carbons (Fsp3) is 0.529. The number of amides is 2. The number of hydrogen-bond acceptors (Lipinski definition) is 4. The van der Waals surface area contributed by atoms with Crippen molar-refractivity contribution in [1.82, 2.24) is 30.8 Å². The fourth-order valence-electron chi connectivity index (χ4n) is 2.71. The molecule has 0 saturated heterocycles. The average molecular weight is 330 g/mol. The Morgan fingerprint density at radius 2 is 1.88 bits per heavy atom. The number of carbonyl (C=O) groups is 1. The number of carbonyl (C=O) groups excluding carboxylic acids is 1. The molecule has 2 unspecified atom stereocenters. The van der Waals surface area contributed by atoms with Crippen LogP contribution in [0.25, 0.3) is 0 Å². The molecule has 24 heavy (non-hydrogen) atoms. The van der Waals surface area contributed by atoms with E-state index in [0.29, 0.717) is 5.82 Å². The molecular weight excluding hydrogens is 304 g/mol. The van der Waals surface area contributed by atoms with Crippen LogP contribution in [0, 0.1) is 12.3 Å². The van der Waals surface area contributed by atoms with Crippen LogP contribution in [0.4, 0.5) is 4.79 Å². The minimum Gasteiger partial charge on any atom is -0.331 e. The lowest BCUT2D eigenvalue weighted by Crippen LogP contribution is -2.44. The van der Waals surface area contributed by atoms with Crippen molar-refractivity contribution in [2.75, 3.05) is 0 Å². The average Bonchev–Trinajstić information content (AvgIpc) is 2.91. The monoisotopic (exact) mass is 330 g/mol. The highest BCUT2D eigenvalue weighted by molar-refractivity contribution is 5.75. The number of benzene rings is 1. The lowest BCUT2D eigenvalue weighted by molar-refractivity contribution is 0.215. The molecule has 2 rings (SSSR count). The Morgan fingerprint density at radius 1 is 1.21 bits per heavy atom. The number of hydrogen-bond donors (Lipinski definition) is 2. The SMILES string of the molecule is Cc1ccccc1C(NC(=O)NC(C)c1nnnn1C)C(C)(C)C. The van der Waals surface area contributed by atoms with Crippen molar-refractivity contribution in [2.45, 2.75) is 46.7 Å². The summed E-state index contributed by atoms with van der Waals surface area (Å²) < 4.78 is 1.55. The van der Waals surface area contributed by atoms with Gasteiger partial charge >= 0.3 is 6.03 Å². The maximum Gasteiger partial charge on any atom is 0.315 e. The molecule has 2 N–H and O–H groups in total. The summed E-state index contributed by atoms with van der Waals surface area (Å²) >= 11 is 0. The van der Waals surface area contributed by atoms with Crippen LogP contribution < -0.4 is 10.6 Å². The molecule has 0 aliphatic carbocycles. The first-order chi connectivity index (χ1) is 11.2. The summed E-state index contributed by atoms with van der Waals surface area (Å²) in [6, 6.07) is 7.47. The van der Waals surface area contributed by atoms with Crippen LogP contribution >= 0.6 is 0 Å². The van der Waals surface area contributed by atoms with Gasteiger partial charge in [-0.15, -0.1) is 5.10 Å². The normalized spacial score (nSPS) is 14.1. The largest absolute Gasteiger partial charge is 0.331 e. The number of tetrazole rings is 1. The summed E-state index contributed by atoms with van der Waals surface area (Å²) in [7, 11) is 1.75. The van der Waals surface area contributed by atoms with Crippen molar-refractivity contribution in [3.8, 4) is 0 Å². The van der Waals surface area contributed by atoms with Crippen molar-refractivity contribution < 1.29 is 4.79 Å². The van der Waals surface area contributed by atoms with Gasteiger partial charge in [0.05, 0.1) is 12.1 Å². The minimum absolute atomic E-state index is 0.108. The van der Waals surface area contributed by atoms with E-state index in [0.717, 1.165) is 11.1 Å². The molecule has 7 nitrogen and oxygen atoms in total. The van der Waals surface area contributed by atoms with E-state index in [4.69, 9.17) is 0 Å². The Labute approximate surface area is 142 Å². The molecule has 0 aliphatic rings. The number of nitrogens with one attached hydrogen (secondary N) is 2. The van der Waals surface area contributed by atoms with Crippen molar-refractivity contribution >= 4 is 6.03 Å². The summed E-state index contributed by atoms with van der Waals surface area (Å²) in [4.78, 5) is 12.5. The first kappa shape index (κ1) is 17.9. The Balaban J connectivity index is 2.14. The third-order valence-electron chi connectivity index (χ3n) is 4.03. The molecule has 0 aliphatic heterocycles. The van der Waals surface area contributed by atoms with Gasteiger partial charge in [-0.2, -0.15) is 0 Å². The highest BCUT2D eigenvalue weighted by Crippen LogP contribution is 2.34. The molecule has 7 heteroatoms. The van der Waals surface area contributed by atoms with Gasteiger partial charge in [-0.3, -0.25) is 0 Å². The van der Waals surface area contributed by atoms with Crippen LogP contribution in [-0.4, -0.2) is 26.2 Å². The smallest absolute Gasteiger partial charge is 0.315 e. The zero-order valence-electron chi connectivity index (χ0n) is 15.2. The Hall–Kier alpha value is -2.44. The second kappa shape index (κ2) is 6.98. The molecular formula is C17H26N6O. The lowest BCUT2D eigenvalue weighted by Gasteiger charge is -2.33. The lowest BCUT2D eigenvalue weighted by atomic mass is 9.81. The molecule has 1 aromatic carbocycles. The second-order valence-electron chi connectivity index (χ2n) is 7.16. The maximum absolute atomic E-state index is 12.5. The second-order valence-corrected chi connectivity index (χ2v) is 7.16. The standard InChI is InChI=1S/C17H26N6O/c1-11-9-7-8-10-13(11)14(17(3,4)5)19-16(24)18-12(2)15-20-21-22-23(15)6/h7-10,12,14H,1-6H3,(H2,18,19,24).